The number of halogens is 3. The van der Waals surface area contributed by atoms with E-state index in [0.717, 1.165) is 16.0 Å². The van der Waals surface area contributed by atoms with Crippen LogP contribution in [-0.4, -0.2) is 42.2 Å². The highest BCUT2D eigenvalue weighted by atomic mass is 19.4. The summed E-state index contributed by atoms with van der Waals surface area (Å²) < 4.78 is 44.7. The van der Waals surface area contributed by atoms with Gasteiger partial charge >= 0.3 is 6.18 Å². The van der Waals surface area contributed by atoms with Crippen molar-refractivity contribution < 1.29 is 22.7 Å². The van der Waals surface area contributed by atoms with Crippen molar-refractivity contribution >= 4 is 5.91 Å². The zero-order valence-corrected chi connectivity index (χ0v) is 13.9. The lowest BCUT2D eigenvalue weighted by atomic mass is 9.98. The van der Waals surface area contributed by atoms with Gasteiger partial charge in [-0.25, -0.2) is 0 Å². The fraction of sp³-hybridized carbons (Fsp3) is 0.588. The third kappa shape index (κ3) is 4.63. The molecule has 0 bridgehead atoms. The van der Waals surface area contributed by atoms with Crippen LogP contribution in [0.25, 0.3) is 0 Å². The second-order valence-corrected chi connectivity index (χ2v) is 6.29. The normalized spacial score (nSPS) is 21.7. The summed E-state index contributed by atoms with van der Waals surface area (Å²) in [5.41, 5.74) is 7.90. The van der Waals surface area contributed by atoms with Crippen molar-refractivity contribution in [2.75, 3.05) is 13.2 Å². The van der Waals surface area contributed by atoms with Crippen LogP contribution in [0.5, 0.6) is 5.75 Å². The summed E-state index contributed by atoms with van der Waals surface area (Å²) in [5, 5.41) is 0. The van der Waals surface area contributed by atoms with E-state index >= 15 is 0 Å². The van der Waals surface area contributed by atoms with Crippen molar-refractivity contribution in [3.8, 4) is 5.75 Å². The number of hydrogen-bond donors (Lipinski definition) is 1. The molecule has 1 aromatic carbocycles. The van der Waals surface area contributed by atoms with E-state index in [-0.39, 0.29) is 32.4 Å². The van der Waals surface area contributed by atoms with Gasteiger partial charge in [-0.1, -0.05) is 6.07 Å². The molecule has 1 heterocycles. The first-order valence-electron chi connectivity index (χ1n) is 8.00. The molecule has 1 aliphatic rings. The van der Waals surface area contributed by atoms with Gasteiger partial charge in [0.15, 0.2) is 0 Å². The molecule has 0 saturated carbocycles. The van der Waals surface area contributed by atoms with E-state index in [1.54, 1.807) is 6.07 Å². The Morgan fingerprint density at radius 1 is 1.29 bits per heavy atom. The number of hydrogen-bond acceptors (Lipinski definition) is 3. The van der Waals surface area contributed by atoms with E-state index in [1.165, 1.54) is 0 Å². The maximum absolute atomic E-state index is 13.1. The van der Waals surface area contributed by atoms with Crippen LogP contribution in [0.3, 0.4) is 0 Å². The molecule has 134 valence electrons. The van der Waals surface area contributed by atoms with Crippen molar-refractivity contribution in [2.24, 2.45) is 5.73 Å². The number of likely N-dealkylation sites (tertiary alicyclic amines) is 1. The van der Waals surface area contributed by atoms with Gasteiger partial charge in [0.05, 0.1) is 13.0 Å². The molecule has 2 N–H and O–H groups in total. The quantitative estimate of drug-likeness (QED) is 0.914. The number of alkyl halides is 3. The number of amides is 1. The van der Waals surface area contributed by atoms with Gasteiger partial charge in [0.1, 0.15) is 11.8 Å². The number of carbonyl (C=O) groups excluding carboxylic acids is 1. The maximum atomic E-state index is 13.1. The van der Waals surface area contributed by atoms with Crippen LogP contribution >= 0.6 is 0 Å². The molecule has 1 saturated heterocycles. The monoisotopic (exact) mass is 344 g/mol. The fourth-order valence-electron chi connectivity index (χ4n) is 2.82. The van der Waals surface area contributed by atoms with Crippen molar-refractivity contribution in [3.63, 3.8) is 0 Å². The summed E-state index contributed by atoms with van der Waals surface area (Å²) in [6, 6.07) is 3.37. The Bertz CT molecular complexity index is 590. The van der Waals surface area contributed by atoms with Crippen LogP contribution in [0.1, 0.15) is 30.4 Å². The van der Waals surface area contributed by atoms with E-state index in [2.05, 4.69) is 0 Å². The molecule has 24 heavy (non-hydrogen) atoms. The van der Waals surface area contributed by atoms with E-state index in [4.69, 9.17) is 10.5 Å². The van der Waals surface area contributed by atoms with Gasteiger partial charge in [0.2, 0.25) is 5.91 Å². The van der Waals surface area contributed by atoms with Gasteiger partial charge in [0, 0.05) is 12.6 Å². The lowest BCUT2D eigenvalue weighted by molar-refractivity contribution is -0.197. The van der Waals surface area contributed by atoms with E-state index in [9.17, 15) is 18.0 Å². The fourth-order valence-corrected chi connectivity index (χ4v) is 2.82. The highest BCUT2D eigenvalue weighted by Crippen LogP contribution is 2.32. The molecule has 0 aromatic heterocycles. The summed E-state index contributed by atoms with van der Waals surface area (Å²) in [6.45, 7) is 3.89. The van der Waals surface area contributed by atoms with Crippen molar-refractivity contribution in [1.82, 2.24) is 4.90 Å². The summed E-state index contributed by atoms with van der Waals surface area (Å²) in [4.78, 5) is 13.1. The molecule has 2 atom stereocenters. The number of aryl methyl sites for hydroxylation is 2. The molecule has 1 aromatic rings. The highest BCUT2D eigenvalue weighted by molar-refractivity contribution is 5.77. The summed E-state index contributed by atoms with van der Waals surface area (Å²) in [7, 11) is 0. The Hall–Kier alpha value is -1.76. The summed E-state index contributed by atoms with van der Waals surface area (Å²) >= 11 is 0. The van der Waals surface area contributed by atoms with E-state index in [1.807, 2.05) is 26.0 Å². The first-order valence-corrected chi connectivity index (χ1v) is 8.00. The van der Waals surface area contributed by atoms with Gasteiger partial charge in [-0.3, -0.25) is 4.79 Å². The van der Waals surface area contributed by atoms with E-state index in [0.29, 0.717) is 5.75 Å². The maximum Gasteiger partial charge on any atom is 0.408 e. The molecule has 2 rings (SSSR count). The second kappa shape index (κ2) is 7.42. The predicted molar refractivity (Wildman–Crippen MR) is 84.8 cm³/mol. The Labute approximate surface area is 139 Å². The third-order valence-corrected chi connectivity index (χ3v) is 4.38. The number of carbonyl (C=O) groups is 1. The molecule has 7 heteroatoms. The van der Waals surface area contributed by atoms with Gasteiger partial charge in [0.25, 0.3) is 0 Å². The average Bonchev–Trinajstić information content (AvgIpc) is 2.49. The average molecular weight is 344 g/mol. The number of benzene rings is 1. The van der Waals surface area contributed by atoms with E-state index < -0.39 is 24.2 Å². The smallest absolute Gasteiger partial charge is 0.408 e. The molecule has 0 spiro atoms. The first-order chi connectivity index (χ1) is 11.2. The number of rotatable bonds is 4. The standard InChI is InChI=1S/C17H23F3N2O2/c1-11-3-5-14(9-12(11)2)24-8-7-16(23)22-10-13(21)4-6-15(22)17(18,19)20/h3,5,9,13,15H,4,6-8,10,21H2,1-2H3/t13-,15+/m1/s1. The van der Waals surface area contributed by atoms with Crippen molar-refractivity contribution in [1.29, 1.82) is 0 Å². The number of nitrogens with zero attached hydrogens (tertiary/aromatic N) is 1. The zero-order valence-electron chi connectivity index (χ0n) is 13.9. The molecule has 4 nitrogen and oxygen atoms in total. The van der Waals surface area contributed by atoms with Crippen molar-refractivity contribution in [3.05, 3.63) is 29.3 Å². The molecular weight excluding hydrogens is 321 g/mol. The van der Waals surface area contributed by atoms with Crippen molar-refractivity contribution in [2.45, 2.75) is 51.4 Å². The van der Waals surface area contributed by atoms with Gasteiger partial charge in [-0.2, -0.15) is 13.2 Å². The van der Waals surface area contributed by atoms with Gasteiger partial charge in [-0.05, 0) is 49.9 Å². The predicted octanol–water partition coefficient (Wildman–Crippen LogP) is 2.95. The number of ether oxygens (including phenoxy) is 1. The Morgan fingerprint density at radius 2 is 2.00 bits per heavy atom. The largest absolute Gasteiger partial charge is 0.493 e. The van der Waals surface area contributed by atoms with Gasteiger partial charge in [-0.15, -0.1) is 0 Å². The molecule has 0 unspecified atom stereocenters. The molecule has 1 amide bonds. The topological polar surface area (TPSA) is 55.6 Å². The van der Waals surface area contributed by atoms with Crippen LogP contribution in [-0.2, 0) is 4.79 Å². The number of piperidine rings is 1. The Morgan fingerprint density at radius 3 is 2.62 bits per heavy atom. The third-order valence-electron chi connectivity index (χ3n) is 4.38. The molecule has 0 radical (unpaired) electrons. The Balaban J connectivity index is 1.93. The molecule has 1 aliphatic heterocycles. The first kappa shape index (κ1) is 18.6. The SMILES string of the molecule is Cc1ccc(OCCC(=O)N2C[C@H](N)CC[C@H]2C(F)(F)F)cc1C. The second-order valence-electron chi connectivity index (χ2n) is 6.29. The minimum atomic E-state index is -4.43. The number of nitrogens with two attached hydrogens (primary N) is 1. The Kier molecular flexibility index (Phi) is 5.74. The lowest BCUT2D eigenvalue weighted by Crippen LogP contribution is -2.56. The highest BCUT2D eigenvalue weighted by Gasteiger charge is 2.47. The van der Waals surface area contributed by atoms with Crippen LogP contribution in [0.15, 0.2) is 18.2 Å². The molecule has 0 aliphatic carbocycles. The summed E-state index contributed by atoms with van der Waals surface area (Å²) in [5.74, 6) is 0.0323. The van der Waals surface area contributed by atoms with Gasteiger partial charge < -0.3 is 15.4 Å². The van der Waals surface area contributed by atoms with Crippen LogP contribution in [0.2, 0.25) is 0 Å². The minimum absolute atomic E-state index is 0.0393. The van der Waals surface area contributed by atoms with Crippen LogP contribution in [0.4, 0.5) is 13.2 Å². The molecular formula is C17H23F3N2O2. The van der Waals surface area contributed by atoms with Crippen LogP contribution in [0, 0.1) is 13.8 Å². The minimum Gasteiger partial charge on any atom is -0.493 e. The van der Waals surface area contributed by atoms with Crippen LogP contribution < -0.4 is 10.5 Å². The lowest BCUT2D eigenvalue weighted by Gasteiger charge is -2.39. The zero-order chi connectivity index (χ0) is 17.9. The summed E-state index contributed by atoms with van der Waals surface area (Å²) in [6.07, 6.45) is -4.40. The molecule has 1 fully saturated rings.